The predicted molar refractivity (Wildman–Crippen MR) is 110 cm³/mol. The summed E-state index contributed by atoms with van der Waals surface area (Å²) in [6.45, 7) is 1.95. The van der Waals surface area contributed by atoms with Crippen molar-refractivity contribution in [2.75, 3.05) is 4.90 Å². The summed E-state index contributed by atoms with van der Waals surface area (Å²) in [7, 11) is 0. The van der Waals surface area contributed by atoms with Gasteiger partial charge in [0.15, 0.2) is 4.32 Å². The molecule has 1 aliphatic heterocycles. The average molecular weight is 425 g/mol. The van der Waals surface area contributed by atoms with Crippen LogP contribution in [0.3, 0.4) is 0 Å². The first-order valence-corrected chi connectivity index (χ1v) is 9.24. The average Bonchev–Trinajstić information content (AvgIpc) is 2.84. The van der Waals surface area contributed by atoms with Crippen molar-refractivity contribution in [3.8, 4) is 0 Å². The number of carbonyl (C=O) groups excluding carboxylic acids is 1. The summed E-state index contributed by atoms with van der Waals surface area (Å²) in [6.07, 6.45) is 1.49. The topological polar surface area (TPSA) is 63.5 Å². The molecule has 0 aromatic heterocycles. The van der Waals surface area contributed by atoms with Crippen molar-refractivity contribution in [2.45, 2.75) is 6.92 Å². The van der Waals surface area contributed by atoms with Crippen LogP contribution in [0.1, 0.15) is 11.1 Å². The summed E-state index contributed by atoms with van der Waals surface area (Å²) in [5.41, 5.74) is 1.77. The van der Waals surface area contributed by atoms with Crippen molar-refractivity contribution in [1.82, 2.24) is 0 Å². The summed E-state index contributed by atoms with van der Waals surface area (Å²) in [4.78, 5) is 25.0. The Hall–Kier alpha value is -1.93. The number of benzene rings is 2. The number of nitrogens with zero attached hydrogens (tertiary/aromatic N) is 2. The van der Waals surface area contributed by atoms with Crippen molar-refractivity contribution >= 4 is 74.9 Å². The summed E-state index contributed by atoms with van der Waals surface area (Å²) in [5, 5.41) is 11.2. The number of hydrogen-bond donors (Lipinski definition) is 0. The molecule has 1 amide bonds. The Morgan fingerprint density at radius 1 is 1.19 bits per heavy atom. The highest BCUT2D eigenvalue weighted by Gasteiger charge is 2.33. The fourth-order valence-electron chi connectivity index (χ4n) is 2.33. The smallest absolute Gasteiger partial charge is 0.268 e. The Bertz CT molecular complexity index is 975. The van der Waals surface area contributed by atoms with Gasteiger partial charge in [0.05, 0.1) is 15.5 Å². The van der Waals surface area contributed by atoms with Gasteiger partial charge in [-0.15, -0.1) is 0 Å². The van der Waals surface area contributed by atoms with Gasteiger partial charge in [-0.25, -0.2) is 0 Å². The van der Waals surface area contributed by atoms with Crippen LogP contribution in [0, 0.1) is 17.0 Å². The summed E-state index contributed by atoms with van der Waals surface area (Å²) >= 11 is 18.4. The molecule has 1 saturated heterocycles. The lowest BCUT2D eigenvalue weighted by atomic mass is 10.1. The number of nitro groups is 1. The Labute approximate surface area is 168 Å². The maximum absolute atomic E-state index is 12.7. The van der Waals surface area contributed by atoms with E-state index in [1.54, 1.807) is 0 Å². The minimum absolute atomic E-state index is 0.0654. The van der Waals surface area contributed by atoms with Crippen LogP contribution in [-0.4, -0.2) is 15.2 Å². The molecular formula is C17H10Cl2N2O3S2. The number of aryl methyl sites for hydroxylation is 1. The Morgan fingerprint density at radius 2 is 1.85 bits per heavy atom. The van der Waals surface area contributed by atoms with Crippen LogP contribution in [0.4, 0.5) is 11.4 Å². The zero-order valence-corrected chi connectivity index (χ0v) is 16.4. The lowest BCUT2D eigenvalue weighted by Gasteiger charge is -2.14. The molecule has 1 heterocycles. The molecule has 0 radical (unpaired) electrons. The SMILES string of the molecule is Cc1ccc(N2C(=O)/C(=C\c3cc([N+](=O)[O-])c(Cl)cc3Cl)SC2=S)cc1. The lowest BCUT2D eigenvalue weighted by molar-refractivity contribution is -0.384. The predicted octanol–water partition coefficient (Wildman–Crippen LogP) is 5.62. The first kappa shape index (κ1) is 18.8. The van der Waals surface area contributed by atoms with Crippen molar-refractivity contribution in [2.24, 2.45) is 0 Å². The van der Waals surface area contributed by atoms with Gasteiger partial charge in [0.25, 0.3) is 11.6 Å². The number of halogens is 2. The van der Waals surface area contributed by atoms with E-state index < -0.39 is 4.92 Å². The zero-order chi connectivity index (χ0) is 19.0. The number of nitro benzene ring substituents is 1. The molecule has 1 aliphatic rings. The molecule has 0 saturated carbocycles. The minimum Gasteiger partial charge on any atom is -0.268 e. The number of rotatable bonds is 3. The third-order valence-corrected chi connectivity index (χ3v) is 5.57. The molecule has 9 heteroatoms. The molecule has 0 N–H and O–H groups in total. The third-order valence-electron chi connectivity index (χ3n) is 3.64. The van der Waals surface area contributed by atoms with Crippen molar-refractivity contribution < 1.29 is 9.72 Å². The summed E-state index contributed by atoms with van der Waals surface area (Å²) < 4.78 is 0.379. The van der Waals surface area contributed by atoms with E-state index in [9.17, 15) is 14.9 Å². The number of hydrogen-bond acceptors (Lipinski definition) is 5. The van der Waals surface area contributed by atoms with Crippen LogP contribution in [0.5, 0.6) is 0 Å². The quantitative estimate of drug-likeness (QED) is 0.277. The van der Waals surface area contributed by atoms with E-state index in [-0.39, 0.29) is 21.6 Å². The molecule has 132 valence electrons. The number of anilines is 1. The van der Waals surface area contributed by atoms with Crippen LogP contribution in [0.2, 0.25) is 10.0 Å². The molecule has 0 unspecified atom stereocenters. The van der Waals surface area contributed by atoms with Gasteiger partial charge < -0.3 is 0 Å². The van der Waals surface area contributed by atoms with Crippen molar-refractivity contribution in [3.63, 3.8) is 0 Å². The Balaban J connectivity index is 1.99. The Morgan fingerprint density at radius 3 is 2.46 bits per heavy atom. The Kier molecular flexibility index (Phi) is 5.34. The zero-order valence-electron chi connectivity index (χ0n) is 13.2. The summed E-state index contributed by atoms with van der Waals surface area (Å²) in [6, 6.07) is 9.91. The molecule has 5 nitrogen and oxygen atoms in total. The monoisotopic (exact) mass is 424 g/mol. The first-order chi connectivity index (χ1) is 12.3. The van der Waals surface area contributed by atoms with Crippen LogP contribution < -0.4 is 4.90 Å². The van der Waals surface area contributed by atoms with Gasteiger partial charge in [0.1, 0.15) is 5.02 Å². The van der Waals surface area contributed by atoms with E-state index in [0.29, 0.717) is 20.5 Å². The molecule has 2 aromatic carbocycles. The van der Waals surface area contributed by atoms with E-state index >= 15 is 0 Å². The third kappa shape index (κ3) is 3.61. The lowest BCUT2D eigenvalue weighted by Crippen LogP contribution is -2.27. The highest BCUT2D eigenvalue weighted by atomic mass is 35.5. The van der Waals surface area contributed by atoms with Crippen LogP contribution >= 0.6 is 47.2 Å². The maximum atomic E-state index is 12.7. The molecule has 0 atom stereocenters. The number of carbonyl (C=O) groups is 1. The molecule has 0 spiro atoms. The van der Waals surface area contributed by atoms with Crippen molar-refractivity contribution in [3.05, 3.63) is 72.6 Å². The second kappa shape index (κ2) is 7.36. The minimum atomic E-state index is -0.604. The molecular weight excluding hydrogens is 415 g/mol. The number of thiocarbonyl (C=S) groups is 1. The summed E-state index contributed by atoms with van der Waals surface area (Å²) in [5.74, 6) is -0.308. The van der Waals surface area contributed by atoms with Gasteiger partial charge in [0.2, 0.25) is 0 Å². The van der Waals surface area contributed by atoms with E-state index in [1.807, 2.05) is 31.2 Å². The highest BCUT2D eigenvalue weighted by molar-refractivity contribution is 8.27. The molecule has 0 aliphatic carbocycles. The normalized spacial score (nSPS) is 15.8. The van der Waals surface area contributed by atoms with Crippen LogP contribution in [-0.2, 0) is 4.79 Å². The highest BCUT2D eigenvalue weighted by Crippen LogP contribution is 2.38. The second-order valence-corrected chi connectivity index (χ2v) is 7.93. The van der Waals surface area contributed by atoms with Gasteiger partial charge in [-0.1, -0.05) is 64.9 Å². The van der Waals surface area contributed by atoms with Crippen LogP contribution in [0.15, 0.2) is 41.3 Å². The molecule has 26 heavy (non-hydrogen) atoms. The van der Waals surface area contributed by atoms with Gasteiger partial charge in [-0.05, 0) is 31.2 Å². The standard InChI is InChI=1S/C17H10Cl2N2O3S2/c1-9-2-4-11(5-3-9)20-16(22)15(26-17(20)25)7-10-6-14(21(23)24)13(19)8-12(10)18/h2-8H,1H3/b15-7+. The largest absolute Gasteiger partial charge is 0.288 e. The second-order valence-electron chi connectivity index (χ2n) is 5.43. The fraction of sp³-hybridized carbons (Fsp3) is 0.0588. The number of amides is 1. The van der Waals surface area contributed by atoms with Gasteiger partial charge >= 0.3 is 0 Å². The molecule has 0 bridgehead atoms. The van der Waals surface area contributed by atoms with E-state index in [0.717, 1.165) is 17.3 Å². The van der Waals surface area contributed by atoms with E-state index in [4.69, 9.17) is 35.4 Å². The van der Waals surface area contributed by atoms with Gasteiger partial charge in [-0.2, -0.15) is 0 Å². The van der Waals surface area contributed by atoms with Gasteiger partial charge in [0, 0.05) is 16.7 Å². The van der Waals surface area contributed by atoms with Crippen molar-refractivity contribution in [1.29, 1.82) is 0 Å². The maximum Gasteiger partial charge on any atom is 0.288 e. The van der Waals surface area contributed by atoms with E-state index in [1.165, 1.54) is 23.1 Å². The number of thioether (sulfide) groups is 1. The first-order valence-electron chi connectivity index (χ1n) is 7.26. The fourth-order valence-corrected chi connectivity index (χ4v) is 4.13. The van der Waals surface area contributed by atoms with E-state index in [2.05, 4.69) is 0 Å². The molecule has 3 rings (SSSR count). The molecule has 1 fully saturated rings. The molecule has 2 aromatic rings. The van der Waals surface area contributed by atoms with Gasteiger partial charge in [-0.3, -0.25) is 19.8 Å². The van der Waals surface area contributed by atoms with Crippen LogP contribution in [0.25, 0.3) is 6.08 Å².